The molecule has 1 aliphatic rings. The molecule has 25 heavy (non-hydrogen) atoms. The molecule has 2 heterocycles. The minimum absolute atomic E-state index is 0.0220. The van der Waals surface area contributed by atoms with Crippen molar-refractivity contribution in [2.45, 2.75) is 32.9 Å². The van der Waals surface area contributed by atoms with Crippen molar-refractivity contribution in [2.75, 3.05) is 13.1 Å². The van der Waals surface area contributed by atoms with Crippen LogP contribution >= 0.6 is 0 Å². The highest BCUT2D eigenvalue weighted by atomic mass is 16.5. The molecular formula is C20H25N3O2. The van der Waals surface area contributed by atoms with Crippen molar-refractivity contribution >= 4 is 6.03 Å². The minimum Gasteiger partial charge on any atom is -0.489 e. The molecule has 132 valence electrons. The average Bonchev–Trinajstić information content (AvgIpc) is 3.08. The summed E-state index contributed by atoms with van der Waals surface area (Å²) >= 11 is 0. The first-order chi connectivity index (χ1) is 12.1. The number of hydrogen-bond acceptors (Lipinski definition) is 3. The Morgan fingerprint density at radius 2 is 2.16 bits per heavy atom. The van der Waals surface area contributed by atoms with E-state index in [9.17, 15) is 4.79 Å². The smallest absolute Gasteiger partial charge is 0.317 e. The maximum absolute atomic E-state index is 12.3. The van der Waals surface area contributed by atoms with E-state index in [1.807, 2.05) is 48.2 Å². The lowest BCUT2D eigenvalue weighted by atomic mass is 10.1. The van der Waals surface area contributed by atoms with Gasteiger partial charge in [-0.05, 0) is 43.0 Å². The van der Waals surface area contributed by atoms with Gasteiger partial charge < -0.3 is 15.0 Å². The number of pyridine rings is 1. The van der Waals surface area contributed by atoms with E-state index in [-0.39, 0.29) is 12.1 Å². The van der Waals surface area contributed by atoms with Crippen molar-refractivity contribution in [1.82, 2.24) is 15.2 Å². The van der Waals surface area contributed by atoms with E-state index in [1.165, 1.54) is 0 Å². The Bertz CT molecular complexity index is 688. The summed E-state index contributed by atoms with van der Waals surface area (Å²) in [7, 11) is 0. The monoisotopic (exact) mass is 339 g/mol. The van der Waals surface area contributed by atoms with Crippen LogP contribution in [-0.2, 0) is 6.61 Å². The van der Waals surface area contributed by atoms with E-state index in [0.717, 1.165) is 36.4 Å². The molecule has 0 saturated carbocycles. The molecule has 1 aromatic heterocycles. The lowest BCUT2D eigenvalue weighted by molar-refractivity contribution is 0.204. The Balaban J connectivity index is 1.51. The van der Waals surface area contributed by atoms with Gasteiger partial charge in [-0.3, -0.25) is 4.98 Å². The molecule has 1 saturated heterocycles. The second-order valence-corrected chi connectivity index (χ2v) is 6.73. The Labute approximate surface area is 149 Å². The number of carbonyl (C=O) groups is 1. The van der Waals surface area contributed by atoms with Crippen molar-refractivity contribution in [3.8, 4) is 5.75 Å². The summed E-state index contributed by atoms with van der Waals surface area (Å²) in [5, 5.41) is 3.07. The summed E-state index contributed by atoms with van der Waals surface area (Å²) in [5.74, 6) is 1.40. The maximum atomic E-state index is 12.3. The second kappa shape index (κ2) is 8.01. The molecule has 5 nitrogen and oxygen atoms in total. The van der Waals surface area contributed by atoms with Crippen LogP contribution < -0.4 is 10.1 Å². The number of hydrogen-bond donors (Lipinski definition) is 1. The van der Waals surface area contributed by atoms with Crippen molar-refractivity contribution in [2.24, 2.45) is 5.92 Å². The fourth-order valence-electron chi connectivity index (χ4n) is 2.98. The van der Waals surface area contributed by atoms with Gasteiger partial charge in [0.1, 0.15) is 12.4 Å². The van der Waals surface area contributed by atoms with Crippen LogP contribution in [0.4, 0.5) is 4.79 Å². The fourth-order valence-corrected chi connectivity index (χ4v) is 2.98. The van der Waals surface area contributed by atoms with Gasteiger partial charge >= 0.3 is 6.03 Å². The largest absolute Gasteiger partial charge is 0.489 e. The zero-order valence-electron chi connectivity index (χ0n) is 14.8. The standard InChI is InChI=1S/C20H25N3O2/c1-15-9-11-23(13-15)20(24)22-16(2)18-5-7-19(8-6-18)25-14-17-4-3-10-21-12-17/h3-8,10,12,15-16H,9,11,13-14H2,1-2H3,(H,22,24)/t15-,16+/m1/s1. The van der Waals surface area contributed by atoms with E-state index in [1.54, 1.807) is 12.4 Å². The number of likely N-dealkylation sites (tertiary alicyclic amines) is 1. The van der Waals surface area contributed by atoms with E-state index >= 15 is 0 Å². The average molecular weight is 339 g/mol. The number of urea groups is 1. The van der Waals surface area contributed by atoms with Crippen LogP contribution in [0.2, 0.25) is 0 Å². The quantitative estimate of drug-likeness (QED) is 0.902. The third-order valence-corrected chi connectivity index (χ3v) is 4.56. The first-order valence-electron chi connectivity index (χ1n) is 8.79. The predicted molar refractivity (Wildman–Crippen MR) is 97.3 cm³/mol. The zero-order chi connectivity index (χ0) is 17.6. The van der Waals surface area contributed by atoms with Crippen LogP contribution in [-0.4, -0.2) is 29.0 Å². The summed E-state index contributed by atoms with van der Waals surface area (Å²) in [6, 6.07) is 11.7. The van der Waals surface area contributed by atoms with Gasteiger partial charge in [0.15, 0.2) is 0 Å². The number of nitrogens with zero attached hydrogens (tertiary/aromatic N) is 2. The van der Waals surface area contributed by atoms with Crippen molar-refractivity contribution in [1.29, 1.82) is 0 Å². The van der Waals surface area contributed by atoms with Crippen LogP contribution in [0.15, 0.2) is 48.8 Å². The van der Waals surface area contributed by atoms with E-state index in [2.05, 4.69) is 17.2 Å². The predicted octanol–water partition coefficient (Wildman–Crippen LogP) is 3.77. The van der Waals surface area contributed by atoms with Gasteiger partial charge in [-0.1, -0.05) is 25.1 Å². The molecule has 2 amide bonds. The third kappa shape index (κ3) is 4.72. The number of rotatable bonds is 5. The minimum atomic E-state index is -0.0317. The molecule has 2 aromatic rings. The molecule has 0 aliphatic carbocycles. The highest BCUT2D eigenvalue weighted by molar-refractivity contribution is 5.75. The van der Waals surface area contributed by atoms with Gasteiger partial charge in [-0.15, -0.1) is 0 Å². The fraction of sp³-hybridized carbons (Fsp3) is 0.400. The molecule has 0 spiro atoms. The summed E-state index contributed by atoms with van der Waals surface area (Å²) in [6.45, 7) is 6.37. The number of carbonyl (C=O) groups excluding carboxylic acids is 1. The SMILES string of the molecule is C[C@@H]1CCN(C(=O)N[C@@H](C)c2ccc(OCc3cccnc3)cc2)C1. The topological polar surface area (TPSA) is 54.5 Å². The third-order valence-electron chi connectivity index (χ3n) is 4.56. The van der Waals surface area contributed by atoms with Crippen LogP contribution in [0.5, 0.6) is 5.75 Å². The highest BCUT2D eigenvalue weighted by Crippen LogP contribution is 2.20. The van der Waals surface area contributed by atoms with Crippen LogP contribution in [0.3, 0.4) is 0 Å². The molecule has 0 bridgehead atoms. The number of amides is 2. The van der Waals surface area contributed by atoms with Gasteiger partial charge in [0.2, 0.25) is 0 Å². The first-order valence-corrected chi connectivity index (χ1v) is 8.79. The number of ether oxygens (including phenoxy) is 1. The lowest BCUT2D eigenvalue weighted by Crippen LogP contribution is -2.39. The lowest BCUT2D eigenvalue weighted by Gasteiger charge is -2.21. The van der Waals surface area contributed by atoms with Crippen molar-refractivity contribution < 1.29 is 9.53 Å². The molecule has 5 heteroatoms. The van der Waals surface area contributed by atoms with Gasteiger partial charge in [-0.2, -0.15) is 0 Å². The second-order valence-electron chi connectivity index (χ2n) is 6.73. The summed E-state index contributed by atoms with van der Waals surface area (Å²) in [4.78, 5) is 18.3. The van der Waals surface area contributed by atoms with Crippen LogP contribution in [0.1, 0.15) is 37.4 Å². The van der Waals surface area contributed by atoms with Gasteiger partial charge in [0.25, 0.3) is 0 Å². The number of benzene rings is 1. The summed E-state index contributed by atoms with van der Waals surface area (Å²) in [5.41, 5.74) is 2.10. The van der Waals surface area contributed by atoms with Crippen molar-refractivity contribution in [3.05, 3.63) is 59.9 Å². The zero-order valence-corrected chi connectivity index (χ0v) is 14.8. The Hall–Kier alpha value is -2.56. The van der Waals surface area contributed by atoms with Gasteiger partial charge in [0.05, 0.1) is 6.04 Å². The summed E-state index contributed by atoms with van der Waals surface area (Å²) in [6.07, 6.45) is 4.63. The molecular weight excluding hydrogens is 314 g/mol. The molecule has 2 atom stereocenters. The molecule has 1 fully saturated rings. The highest BCUT2D eigenvalue weighted by Gasteiger charge is 2.24. The van der Waals surface area contributed by atoms with Crippen molar-refractivity contribution in [3.63, 3.8) is 0 Å². The molecule has 1 aliphatic heterocycles. The first kappa shape index (κ1) is 17.3. The Morgan fingerprint density at radius 3 is 2.80 bits per heavy atom. The molecule has 0 unspecified atom stereocenters. The maximum Gasteiger partial charge on any atom is 0.317 e. The van der Waals surface area contributed by atoms with Crippen LogP contribution in [0, 0.1) is 5.92 Å². The normalized spacial score (nSPS) is 18.0. The Kier molecular flexibility index (Phi) is 5.53. The van der Waals surface area contributed by atoms with E-state index in [0.29, 0.717) is 12.5 Å². The van der Waals surface area contributed by atoms with E-state index < -0.39 is 0 Å². The summed E-state index contributed by atoms with van der Waals surface area (Å²) < 4.78 is 5.77. The number of aromatic nitrogens is 1. The van der Waals surface area contributed by atoms with Crippen LogP contribution in [0.25, 0.3) is 0 Å². The van der Waals surface area contributed by atoms with Gasteiger partial charge in [-0.25, -0.2) is 4.79 Å². The molecule has 0 radical (unpaired) electrons. The van der Waals surface area contributed by atoms with Gasteiger partial charge in [0, 0.05) is 31.0 Å². The molecule has 1 aromatic carbocycles. The molecule has 1 N–H and O–H groups in total. The number of nitrogens with one attached hydrogen (secondary N) is 1. The van der Waals surface area contributed by atoms with E-state index in [4.69, 9.17) is 4.74 Å². The molecule has 3 rings (SSSR count). The Morgan fingerprint density at radius 1 is 1.36 bits per heavy atom.